The Labute approximate surface area is 96.4 Å². The van der Waals surface area contributed by atoms with E-state index in [-0.39, 0.29) is 6.04 Å². The van der Waals surface area contributed by atoms with Gasteiger partial charge in [0.05, 0.1) is 5.52 Å². The topological polar surface area (TPSA) is 41.6 Å². The Morgan fingerprint density at radius 2 is 2.20 bits per heavy atom. The molecule has 2 rings (SSSR count). The molecule has 0 spiro atoms. The van der Waals surface area contributed by atoms with Gasteiger partial charge in [0, 0.05) is 15.9 Å². The fourth-order valence-corrected chi connectivity index (χ4v) is 1.92. The van der Waals surface area contributed by atoms with E-state index in [9.17, 15) is 0 Å². The second-order valence-corrected chi connectivity index (χ2v) is 4.58. The van der Waals surface area contributed by atoms with Crippen LogP contribution >= 0.6 is 15.9 Å². The summed E-state index contributed by atoms with van der Waals surface area (Å²) < 4.78 is 2.73. The van der Waals surface area contributed by atoms with Crippen LogP contribution in [-0.2, 0) is 0 Å². The molecular formula is C11H10BrN3. The summed E-state index contributed by atoms with van der Waals surface area (Å²) in [6.45, 7) is 4.03. The van der Waals surface area contributed by atoms with Crippen molar-refractivity contribution in [2.24, 2.45) is 0 Å². The van der Waals surface area contributed by atoms with E-state index >= 15 is 0 Å². The molecule has 2 aromatic rings. The Kier molecular flexibility index (Phi) is 2.49. The molecule has 1 aromatic heterocycles. The lowest BCUT2D eigenvalue weighted by Crippen LogP contribution is -2.04. The summed E-state index contributed by atoms with van der Waals surface area (Å²) in [5.74, 6) is 0. The zero-order chi connectivity index (χ0) is 11.0. The number of aromatic nitrogens is 2. The van der Waals surface area contributed by atoms with Crippen LogP contribution < -0.4 is 0 Å². The fraction of sp³-hybridized carbons (Fsp3) is 0.273. The monoisotopic (exact) mass is 263 g/mol. The van der Waals surface area contributed by atoms with E-state index < -0.39 is 0 Å². The van der Waals surface area contributed by atoms with Crippen LogP contribution in [-0.4, -0.2) is 9.78 Å². The second kappa shape index (κ2) is 3.67. The third-order valence-electron chi connectivity index (χ3n) is 2.25. The first-order valence-corrected chi connectivity index (χ1v) is 5.50. The molecule has 1 aromatic carbocycles. The minimum Gasteiger partial charge on any atom is -0.251 e. The molecule has 0 unspecified atom stereocenters. The van der Waals surface area contributed by atoms with Gasteiger partial charge in [-0.25, -0.2) is 0 Å². The molecule has 0 saturated carbocycles. The molecular weight excluding hydrogens is 254 g/mol. The van der Waals surface area contributed by atoms with E-state index in [1.807, 2.05) is 32.0 Å². The summed E-state index contributed by atoms with van der Waals surface area (Å²) in [5, 5.41) is 14.4. The largest absolute Gasteiger partial charge is 0.251 e. The third-order valence-corrected chi connectivity index (χ3v) is 2.75. The minimum atomic E-state index is 0.200. The maximum Gasteiger partial charge on any atom is 0.146 e. The number of hydrogen-bond donors (Lipinski definition) is 0. The van der Waals surface area contributed by atoms with Crippen LogP contribution in [0.25, 0.3) is 10.9 Å². The summed E-state index contributed by atoms with van der Waals surface area (Å²) in [4.78, 5) is 0. The second-order valence-electron chi connectivity index (χ2n) is 3.66. The van der Waals surface area contributed by atoms with Gasteiger partial charge in [0.15, 0.2) is 0 Å². The quantitative estimate of drug-likeness (QED) is 0.793. The number of nitrogens with zero attached hydrogens (tertiary/aromatic N) is 3. The van der Waals surface area contributed by atoms with Gasteiger partial charge in [-0.15, -0.1) is 0 Å². The average Bonchev–Trinajstić information content (AvgIpc) is 2.55. The van der Waals surface area contributed by atoms with Gasteiger partial charge in [-0.05, 0) is 32.0 Å². The third kappa shape index (κ3) is 1.64. The first-order valence-electron chi connectivity index (χ1n) is 4.71. The summed E-state index contributed by atoms with van der Waals surface area (Å²) in [5.41, 5.74) is 1.49. The molecule has 0 saturated heterocycles. The van der Waals surface area contributed by atoms with Gasteiger partial charge in [0.1, 0.15) is 11.8 Å². The highest BCUT2D eigenvalue weighted by Crippen LogP contribution is 2.24. The van der Waals surface area contributed by atoms with Crippen LogP contribution in [0.4, 0.5) is 0 Å². The van der Waals surface area contributed by atoms with Crippen molar-refractivity contribution in [2.45, 2.75) is 19.9 Å². The van der Waals surface area contributed by atoms with Gasteiger partial charge < -0.3 is 0 Å². The van der Waals surface area contributed by atoms with Crippen LogP contribution in [0.2, 0.25) is 0 Å². The van der Waals surface area contributed by atoms with E-state index in [1.165, 1.54) is 0 Å². The molecule has 0 amide bonds. The molecule has 76 valence electrons. The van der Waals surface area contributed by atoms with Gasteiger partial charge in [-0.1, -0.05) is 15.9 Å². The standard InChI is InChI=1S/C11H10BrN3/c1-7(2)15-11(6-13)9-5-8(12)3-4-10(9)14-15/h3-5,7H,1-2H3. The van der Waals surface area contributed by atoms with Gasteiger partial charge in [-0.3, -0.25) is 4.68 Å². The van der Waals surface area contributed by atoms with Gasteiger partial charge in [0.25, 0.3) is 0 Å². The highest BCUT2D eigenvalue weighted by molar-refractivity contribution is 9.10. The first-order chi connectivity index (χ1) is 7.13. The highest BCUT2D eigenvalue weighted by Gasteiger charge is 2.12. The van der Waals surface area contributed by atoms with Crippen LogP contribution in [0.5, 0.6) is 0 Å². The fourth-order valence-electron chi connectivity index (χ4n) is 1.56. The van der Waals surface area contributed by atoms with Crippen molar-refractivity contribution in [3.05, 3.63) is 28.4 Å². The minimum absolute atomic E-state index is 0.200. The predicted molar refractivity (Wildman–Crippen MR) is 62.5 cm³/mol. The highest BCUT2D eigenvalue weighted by atomic mass is 79.9. The molecule has 0 N–H and O–H groups in total. The van der Waals surface area contributed by atoms with Crippen molar-refractivity contribution in [2.75, 3.05) is 0 Å². The molecule has 0 aliphatic heterocycles. The number of hydrogen-bond acceptors (Lipinski definition) is 2. The average molecular weight is 264 g/mol. The summed E-state index contributed by atoms with van der Waals surface area (Å²) >= 11 is 3.40. The Morgan fingerprint density at radius 3 is 2.80 bits per heavy atom. The van der Waals surface area contributed by atoms with E-state index in [2.05, 4.69) is 27.1 Å². The van der Waals surface area contributed by atoms with Gasteiger partial charge in [-0.2, -0.15) is 10.4 Å². The predicted octanol–water partition coefficient (Wildman–Crippen LogP) is 3.25. The van der Waals surface area contributed by atoms with Crippen LogP contribution in [0.15, 0.2) is 22.7 Å². The van der Waals surface area contributed by atoms with Crippen molar-refractivity contribution in [1.29, 1.82) is 5.26 Å². The lowest BCUT2D eigenvalue weighted by Gasteiger charge is -2.05. The molecule has 0 atom stereocenters. The Bertz CT molecular complexity index is 549. The van der Waals surface area contributed by atoms with Crippen molar-refractivity contribution >= 4 is 26.8 Å². The zero-order valence-electron chi connectivity index (χ0n) is 8.53. The van der Waals surface area contributed by atoms with Crippen molar-refractivity contribution < 1.29 is 0 Å². The number of halogens is 1. The van der Waals surface area contributed by atoms with Crippen molar-refractivity contribution in [3.63, 3.8) is 0 Å². The number of benzene rings is 1. The number of fused-ring (bicyclic) bond motifs is 1. The summed E-state index contributed by atoms with van der Waals surface area (Å²) in [7, 11) is 0. The van der Waals surface area contributed by atoms with Crippen LogP contribution in [0.1, 0.15) is 25.6 Å². The van der Waals surface area contributed by atoms with E-state index in [0.717, 1.165) is 15.4 Å². The maximum absolute atomic E-state index is 9.12. The van der Waals surface area contributed by atoms with E-state index in [4.69, 9.17) is 5.26 Å². The van der Waals surface area contributed by atoms with Gasteiger partial charge in [0.2, 0.25) is 0 Å². The van der Waals surface area contributed by atoms with Crippen LogP contribution in [0, 0.1) is 11.3 Å². The molecule has 0 radical (unpaired) electrons. The molecule has 1 heterocycles. The van der Waals surface area contributed by atoms with Gasteiger partial charge >= 0.3 is 0 Å². The Hall–Kier alpha value is -1.34. The molecule has 4 heteroatoms. The Morgan fingerprint density at radius 1 is 1.47 bits per heavy atom. The Balaban J connectivity index is 2.81. The van der Waals surface area contributed by atoms with E-state index in [1.54, 1.807) is 4.68 Å². The first kappa shape index (κ1) is 10.2. The van der Waals surface area contributed by atoms with Crippen LogP contribution in [0.3, 0.4) is 0 Å². The molecule has 0 fully saturated rings. The lowest BCUT2D eigenvalue weighted by molar-refractivity contribution is 0.532. The molecule has 0 aliphatic carbocycles. The zero-order valence-corrected chi connectivity index (χ0v) is 10.1. The van der Waals surface area contributed by atoms with Crippen molar-refractivity contribution in [3.8, 4) is 6.07 Å². The molecule has 15 heavy (non-hydrogen) atoms. The molecule has 0 bridgehead atoms. The van der Waals surface area contributed by atoms with E-state index in [0.29, 0.717) is 5.69 Å². The summed E-state index contributed by atoms with van der Waals surface area (Å²) in [6.07, 6.45) is 0. The number of rotatable bonds is 1. The normalized spacial score (nSPS) is 10.9. The maximum atomic E-state index is 9.12. The summed E-state index contributed by atoms with van der Waals surface area (Å²) in [6, 6.07) is 8.18. The lowest BCUT2D eigenvalue weighted by atomic mass is 10.2. The smallest absolute Gasteiger partial charge is 0.146 e. The van der Waals surface area contributed by atoms with Crippen molar-refractivity contribution in [1.82, 2.24) is 9.78 Å². The number of nitriles is 1. The SMILES string of the molecule is CC(C)n1nc2ccc(Br)cc2c1C#N. The molecule has 3 nitrogen and oxygen atoms in total. The molecule has 0 aliphatic rings.